The number of hydrogen-bond acceptors (Lipinski definition) is 4. The summed E-state index contributed by atoms with van der Waals surface area (Å²) in [5.74, 6) is 0.460. The Hall–Kier alpha value is -1.36. The van der Waals surface area contributed by atoms with Crippen LogP contribution in [0.1, 0.15) is 46.0 Å². The number of aromatic nitrogens is 1. The monoisotopic (exact) mass is 285 g/mol. The average Bonchev–Trinajstić information content (AvgIpc) is 2.34. The van der Waals surface area contributed by atoms with Gasteiger partial charge in [-0.2, -0.15) is 0 Å². The van der Waals surface area contributed by atoms with Crippen LogP contribution in [0.15, 0.2) is 12.1 Å². The maximum Gasteiger partial charge on any atom is 0.276 e. The highest BCUT2D eigenvalue weighted by molar-refractivity contribution is 6.29. The van der Waals surface area contributed by atoms with Crippen LogP contribution >= 0.6 is 11.6 Å². The highest BCUT2D eigenvalue weighted by Crippen LogP contribution is 2.21. The highest BCUT2D eigenvalue weighted by Gasteiger charge is 2.11. The fraction of sp³-hybridized carbons (Fsp3) is 0.615. The topological polar surface area (TPSA) is 68.1 Å². The first-order valence-corrected chi connectivity index (χ1v) is 6.99. The Morgan fingerprint density at radius 3 is 2.79 bits per heavy atom. The second-order valence-electron chi connectivity index (χ2n) is 4.69. The van der Waals surface area contributed by atoms with E-state index in [2.05, 4.69) is 17.2 Å². The van der Waals surface area contributed by atoms with Crippen LogP contribution in [0.25, 0.3) is 0 Å². The van der Waals surface area contributed by atoms with E-state index in [-0.39, 0.29) is 16.9 Å². The molecule has 5 nitrogen and oxygen atoms in total. The minimum absolute atomic E-state index is 0.0410. The third kappa shape index (κ3) is 5.87. The Morgan fingerprint density at radius 2 is 2.16 bits per heavy atom. The van der Waals surface area contributed by atoms with Crippen LogP contribution < -0.4 is 5.32 Å². The molecule has 0 saturated heterocycles. The number of hydrogen-bond donors (Lipinski definition) is 1. The van der Waals surface area contributed by atoms with Crippen molar-refractivity contribution in [1.82, 2.24) is 4.98 Å². The van der Waals surface area contributed by atoms with Gasteiger partial charge in [0.15, 0.2) is 0 Å². The quantitative estimate of drug-likeness (QED) is 0.332. The number of rotatable bonds is 8. The molecule has 1 heterocycles. The second kappa shape index (κ2) is 7.94. The molecule has 0 spiro atoms. The second-order valence-corrected chi connectivity index (χ2v) is 5.07. The molecule has 1 aromatic rings. The molecular weight excluding hydrogens is 266 g/mol. The highest BCUT2D eigenvalue weighted by atomic mass is 35.5. The first kappa shape index (κ1) is 15.7. The SMILES string of the molecule is CCCCCCC(C)Nc1cc([N+](=O)[O-])cc(Cl)n1. The number of nitro groups is 1. The van der Waals surface area contributed by atoms with Gasteiger partial charge in [0.25, 0.3) is 5.69 Å². The minimum atomic E-state index is -0.468. The molecule has 0 aliphatic carbocycles. The van der Waals surface area contributed by atoms with E-state index in [4.69, 9.17) is 11.6 Å². The Labute approximate surface area is 118 Å². The summed E-state index contributed by atoms with van der Waals surface area (Å²) < 4.78 is 0. The van der Waals surface area contributed by atoms with Crippen LogP contribution in [0.2, 0.25) is 5.15 Å². The Bertz CT molecular complexity index is 426. The van der Waals surface area contributed by atoms with E-state index in [9.17, 15) is 10.1 Å². The van der Waals surface area contributed by atoms with E-state index in [0.717, 1.165) is 12.8 Å². The fourth-order valence-corrected chi connectivity index (χ4v) is 2.07. The largest absolute Gasteiger partial charge is 0.367 e. The number of halogens is 1. The van der Waals surface area contributed by atoms with Crippen molar-refractivity contribution in [1.29, 1.82) is 0 Å². The van der Waals surface area contributed by atoms with E-state index < -0.39 is 4.92 Å². The molecule has 0 bridgehead atoms. The summed E-state index contributed by atoms with van der Waals surface area (Å²) in [6, 6.07) is 2.88. The number of unbranched alkanes of at least 4 members (excludes halogenated alkanes) is 3. The van der Waals surface area contributed by atoms with Crippen molar-refractivity contribution in [2.75, 3.05) is 5.32 Å². The van der Waals surface area contributed by atoms with E-state index in [0.29, 0.717) is 5.82 Å². The summed E-state index contributed by atoms with van der Waals surface area (Å²) in [4.78, 5) is 14.3. The van der Waals surface area contributed by atoms with Gasteiger partial charge in [-0.15, -0.1) is 0 Å². The molecule has 1 atom stereocenters. The summed E-state index contributed by atoms with van der Waals surface area (Å²) in [6.45, 7) is 4.22. The number of anilines is 1. The molecular formula is C13H20ClN3O2. The molecule has 1 N–H and O–H groups in total. The smallest absolute Gasteiger partial charge is 0.276 e. The molecule has 0 aliphatic heterocycles. The van der Waals surface area contributed by atoms with Crippen molar-refractivity contribution in [3.05, 3.63) is 27.4 Å². The molecule has 106 valence electrons. The van der Waals surface area contributed by atoms with E-state index in [1.807, 2.05) is 6.92 Å². The molecule has 0 radical (unpaired) electrons. The zero-order chi connectivity index (χ0) is 14.3. The van der Waals surface area contributed by atoms with Gasteiger partial charge in [-0.25, -0.2) is 4.98 Å². The van der Waals surface area contributed by atoms with Crippen LogP contribution in [-0.2, 0) is 0 Å². The van der Waals surface area contributed by atoms with E-state index in [1.165, 1.54) is 31.4 Å². The number of nitrogens with zero attached hydrogens (tertiary/aromatic N) is 2. The molecule has 0 amide bonds. The minimum Gasteiger partial charge on any atom is -0.367 e. The van der Waals surface area contributed by atoms with Gasteiger partial charge in [0.2, 0.25) is 0 Å². The summed E-state index contributed by atoms with van der Waals surface area (Å²) in [6.07, 6.45) is 5.83. The molecule has 19 heavy (non-hydrogen) atoms. The van der Waals surface area contributed by atoms with Crippen LogP contribution in [0.3, 0.4) is 0 Å². The summed E-state index contributed by atoms with van der Waals surface area (Å²) in [7, 11) is 0. The lowest BCUT2D eigenvalue weighted by molar-refractivity contribution is -0.384. The van der Waals surface area contributed by atoms with Crippen molar-refractivity contribution < 1.29 is 4.92 Å². The normalized spacial score (nSPS) is 12.2. The summed E-state index contributed by atoms with van der Waals surface area (Å²) in [5.41, 5.74) is -0.0410. The molecule has 1 rings (SSSR count). The van der Waals surface area contributed by atoms with Crippen molar-refractivity contribution in [3.63, 3.8) is 0 Å². The zero-order valence-corrected chi connectivity index (χ0v) is 12.1. The summed E-state index contributed by atoms with van der Waals surface area (Å²) in [5, 5.41) is 14.0. The number of nitrogens with one attached hydrogen (secondary N) is 1. The van der Waals surface area contributed by atoms with Crippen LogP contribution in [-0.4, -0.2) is 15.9 Å². The third-order valence-corrected chi connectivity index (χ3v) is 3.07. The Morgan fingerprint density at radius 1 is 1.42 bits per heavy atom. The number of pyridine rings is 1. The standard InChI is InChI=1S/C13H20ClN3O2/c1-3-4-5-6-7-10(2)15-13-9-11(17(18)19)8-12(14)16-13/h8-10H,3-7H2,1-2H3,(H,15,16). The van der Waals surface area contributed by atoms with Gasteiger partial charge in [0, 0.05) is 6.04 Å². The van der Waals surface area contributed by atoms with Crippen LogP contribution in [0.5, 0.6) is 0 Å². The van der Waals surface area contributed by atoms with Gasteiger partial charge in [0.1, 0.15) is 11.0 Å². The van der Waals surface area contributed by atoms with E-state index >= 15 is 0 Å². The van der Waals surface area contributed by atoms with Crippen molar-refractivity contribution >= 4 is 23.1 Å². The molecule has 1 aromatic heterocycles. The maximum atomic E-state index is 10.7. The zero-order valence-electron chi connectivity index (χ0n) is 11.4. The fourth-order valence-electron chi connectivity index (χ4n) is 1.86. The predicted molar refractivity (Wildman–Crippen MR) is 77.7 cm³/mol. The van der Waals surface area contributed by atoms with Gasteiger partial charge in [-0.1, -0.05) is 44.2 Å². The first-order valence-electron chi connectivity index (χ1n) is 6.61. The molecule has 0 aromatic carbocycles. The molecule has 1 unspecified atom stereocenters. The van der Waals surface area contributed by atoms with Crippen LogP contribution in [0.4, 0.5) is 11.5 Å². The average molecular weight is 286 g/mol. The lowest BCUT2D eigenvalue weighted by Gasteiger charge is -2.14. The first-order chi connectivity index (χ1) is 9.02. The predicted octanol–water partition coefficient (Wildman–Crippen LogP) is 4.41. The Balaban J connectivity index is 2.53. The molecule has 6 heteroatoms. The van der Waals surface area contributed by atoms with Crippen LogP contribution in [0, 0.1) is 10.1 Å². The third-order valence-electron chi connectivity index (χ3n) is 2.87. The lowest BCUT2D eigenvalue weighted by atomic mass is 10.1. The summed E-state index contributed by atoms with van der Waals surface area (Å²) >= 11 is 5.77. The van der Waals surface area contributed by atoms with Gasteiger partial charge in [0.05, 0.1) is 17.1 Å². The van der Waals surface area contributed by atoms with Crippen molar-refractivity contribution in [2.24, 2.45) is 0 Å². The molecule has 0 aliphatic rings. The van der Waals surface area contributed by atoms with Gasteiger partial charge < -0.3 is 5.32 Å². The Kier molecular flexibility index (Phi) is 6.56. The maximum absolute atomic E-state index is 10.7. The van der Waals surface area contributed by atoms with Gasteiger partial charge in [-0.3, -0.25) is 10.1 Å². The van der Waals surface area contributed by atoms with Crippen molar-refractivity contribution in [3.8, 4) is 0 Å². The molecule has 0 saturated carbocycles. The van der Waals surface area contributed by atoms with Gasteiger partial charge in [-0.05, 0) is 13.3 Å². The van der Waals surface area contributed by atoms with E-state index in [1.54, 1.807) is 0 Å². The lowest BCUT2D eigenvalue weighted by Crippen LogP contribution is -2.16. The van der Waals surface area contributed by atoms with Crippen molar-refractivity contribution in [2.45, 2.75) is 52.0 Å². The molecule has 0 fully saturated rings. The van der Waals surface area contributed by atoms with Gasteiger partial charge >= 0.3 is 0 Å².